The zero-order valence-electron chi connectivity index (χ0n) is 12.3. The molecule has 2 aromatic carbocycles. The van der Waals surface area contributed by atoms with E-state index in [9.17, 15) is 13.4 Å². The van der Waals surface area contributed by atoms with E-state index in [1.807, 2.05) is 30.3 Å². The number of nitrogens with one attached hydrogen (secondary N) is 1. The van der Waals surface area contributed by atoms with Crippen molar-refractivity contribution in [1.82, 2.24) is 5.32 Å². The molecule has 0 unspecified atom stereocenters. The maximum Gasteiger partial charge on any atom is 0.254 e. The molecule has 1 amide bonds. The van der Waals surface area contributed by atoms with Gasteiger partial charge in [0.1, 0.15) is 5.82 Å². The molecule has 0 bridgehead atoms. The van der Waals surface area contributed by atoms with Gasteiger partial charge in [0.05, 0.1) is 5.56 Å². The number of hydrogen-bond donors (Lipinski definition) is 1. The van der Waals surface area contributed by atoms with E-state index in [0.717, 1.165) is 11.1 Å². The predicted octanol–water partition coefficient (Wildman–Crippen LogP) is 2.81. The van der Waals surface area contributed by atoms with Crippen LogP contribution in [-0.2, 0) is 16.6 Å². The molecule has 22 heavy (non-hydrogen) atoms. The molecule has 0 saturated heterocycles. The Hall–Kier alpha value is -2.01. The van der Waals surface area contributed by atoms with Crippen molar-refractivity contribution in [2.24, 2.45) is 0 Å². The Morgan fingerprint density at radius 3 is 2.64 bits per heavy atom. The van der Waals surface area contributed by atoms with Gasteiger partial charge >= 0.3 is 0 Å². The molecule has 0 aliphatic rings. The van der Waals surface area contributed by atoms with Crippen LogP contribution in [0.1, 0.15) is 21.5 Å². The second-order valence-corrected chi connectivity index (χ2v) is 6.59. The molecular formula is C17H18FNO2S. The van der Waals surface area contributed by atoms with Gasteiger partial charge in [-0.2, -0.15) is 0 Å². The number of aryl methyl sites for hydroxylation is 1. The number of hydrogen-bond acceptors (Lipinski definition) is 2. The van der Waals surface area contributed by atoms with E-state index in [-0.39, 0.29) is 12.1 Å². The van der Waals surface area contributed by atoms with E-state index in [1.165, 1.54) is 12.1 Å². The van der Waals surface area contributed by atoms with Crippen LogP contribution in [0, 0.1) is 12.7 Å². The van der Waals surface area contributed by atoms with Crippen LogP contribution >= 0.6 is 0 Å². The van der Waals surface area contributed by atoms with Crippen molar-refractivity contribution >= 4 is 16.7 Å². The first kappa shape index (κ1) is 16.4. The molecule has 0 saturated carbocycles. The Kier molecular flexibility index (Phi) is 5.83. The van der Waals surface area contributed by atoms with Crippen molar-refractivity contribution in [2.75, 3.05) is 12.3 Å². The minimum absolute atomic E-state index is 0.0221. The molecule has 1 N–H and O–H groups in total. The Morgan fingerprint density at radius 1 is 1.18 bits per heavy atom. The molecule has 0 aliphatic heterocycles. The highest BCUT2D eigenvalue weighted by Crippen LogP contribution is 2.09. The number of amides is 1. The lowest BCUT2D eigenvalue weighted by Crippen LogP contribution is -2.28. The fraction of sp³-hybridized carbons (Fsp3) is 0.235. The summed E-state index contributed by atoms with van der Waals surface area (Å²) in [5.74, 6) is -0.227. The minimum atomic E-state index is -1.06. The second-order valence-electron chi connectivity index (χ2n) is 5.01. The lowest BCUT2D eigenvalue weighted by atomic mass is 10.1. The standard InChI is InChI=1S/C17H18FNO2S/c1-13-7-8-16(18)15(11-13)17(20)19-9-10-22(21)12-14-5-3-2-4-6-14/h2-8,11H,9-10,12H2,1H3,(H,19,20)/t22-/m1/s1. The van der Waals surface area contributed by atoms with Crippen LogP contribution in [0.4, 0.5) is 4.39 Å². The van der Waals surface area contributed by atoms with E-state index in [2.05, 4.69) is 5.32 Å². The van der Waals surface area contributed by atoms with Crippen molar-refractivity contribution in [3.63, 3.8) is 0 Å². The van der Waals surface area contributed by atoms with Crippen LogP contribution < -0.4 is 5.32 Å². The summed E-state index contributed by atoms with van der Waals surface area (Å²) >= 11 is 0. The lowest BCUT2D eigenvalue weighted by Gasteiger charge is -2.07. The van der Waals surface area contributed by atoms with E-state index in [0.29, 0.717) is 11.5 Å². The number of benzene rings is 2. The lowest BCUT2D eigenvalue weighted by molar-refractivity contribution is 0.0952. The summed E-state index contributed by atoms with van der Waals surface area (Å²) < 4.78 is 25.5. The molecule has 0 heterocycles. The molecule has 116 valence electrons. The third kappa shape index (κ3) is 4.77. The molecule has 1 atom stereocenters. The van der Waals surface area contributed by atoms with Crippen LogP contribution in [-0.4, -0.2) is 22.4 Å². The molecule has 2 aromatic rings. The van der Waals surface area contributed by atoms with Crippen molar-refractivity contribution in [2.45, 2.75) is 12.7 Å². The van der Waals surface area contributed by atoms with Crippen LogP contribution in [0.2, 0.25) is 0 Å². The van der Waals surface area contributed by atoms with Gasteiger partial charge in [0.15, 0.2) is 0 Å². The fourth-order valence-corrected chi connectivity index (χ4v) is 3.06. The van der Waals surface area contributed by atoms with Crippen LogP contribution in [0.25, 0.3) is 0 Å². The van der Waals surface area contributed by atoms with E-state index in [4.69, 9.17) is 0 Å². The van der Waals surface area contributed by atoms with Crippen LogP contribution in [0.15, 0.2) is 48.5 Å². The molecule has 0 aliphatic carbocycles. The van der Waals surface area contributed by atoms with Gasteiger partial charge in [0.2, 0.25) is 0 Å². The topological polar surface area (TPSA) is 46.2 Å². The van der Waals surface area contributed by atoms with E-state index in [1.54, 1.807) is 13.0 Å². The predicted molar refractivity (Wildman–Crippen MR) is 86.6 cm³/mol. The fourth-order valence-electron chi connectivity index (χ4n) is 2.02. The summed E-state index contributed by atoms with van der Waals surface area (Å²) in [6, 6.07) is 13.9. The SMILES string of the molecule is Cc1ccc(F)c(C(=O)NCC[S@@](=O)Cc2ccccc2)c1. The molecule has 2 rings (SSSR count). The monoisotopic (exact) mass is 319 g/mol. The van der Waals surface area contributed by atoms with Gasteiger partial charge in [-0.3, -0.25) is 9.00 Å². The number of halogens is 1. The Morgan fingerprint density at radius 2 is 1.91 bits per heavy atom. The average molecular weight is 319 g/mol. The first-order valence-electron chi connectivity index (χ1n) is 6.99. The van der Waals surface area contributed by atoms with E-state index >= 15 is 0 Å². The summed E-state index contributed by atoms with van der Waals surface area (Å²) in [6.45, 7) is 2.05. The van der Waals surface area contributed by atoms with Gasteiger partial charge in [0, 0.05) is 28.9 Å². The smallest absolute Gasteiger partial charge is 0.254 e. The summed E-state index contributed by atoms with van der Waals surface area (Å²) in [4.78, 5) is 11.9. The highest BCUT2D eigenvalue weighted by molar-refractivity contribution is 7.84. The normalized spacial score (nSPS) is 11.9. The van der Waals surface area contributed by atoms with Gasteiger partial charge in [-0.05, 0) is 24.6 Å². The third-order valence-corrected chi connectivity index (χ3v) is 4.47. The van der Waals surface area contributed by atoms with Gasteiger partial charge in [0.25, 0.3) is 5.91 Å². The Balaban J connectivity index is 1.82. The third-order valence-electron chi connectivity index (χ3n) is 3.15. The van der Waals surface area contributed by atoms with E-state index < -0.39 is 22.5 Å². The summed E-state index contributed by atoms with van der Waals surface area (Å²) in [5.41, 5.74) is 1.84. The highest BCUT2D eigenvalue weighted by Gasteiger charge is 2.11. The summed E-state index contributed by atoms with van der Waals surface area (Å²) in [7, 11) is -1.06. The van der Waals surface area contributed by atoms with Crippen molar-refractivity contribution < 1.29 is 13.4 Å². The van der Waals surface area contributed by atoms with Crippen LogP contribution in [0.3, 0.4) is 0 Å². The van der Waals surface area contributed by atoms with Crippen molar-refractivity contribution in [1.29, 1.82) is 0 Å². The summed E-state index contributed by atoms with van der Waals surface area (Å²) in [5, 5.41) is 2.61. The number of carbonyl (C=O) groups excluding carboxylic acids is 1. The quantitative estimate of drug-likeness (QED) is 0.890. The Labute approximate surface area is 132 Å². The average Bonchev–Trinajstić information content (AvgIpc) is 2.50. The van der Waals surface area contributed by atoms with Gasteiger partial charge in [-0.1, -0.05) is 42.0 Å². The van der Waals surface area contributed by atoms with Crippen molar-refractivity contribution in [3.05, 3.63) is 71.0 Å². The molecule has 3 nitrogen and oxygen atoms in total. The second kappa shape index (κ2) is 7.84. The molecular weight excluding hydrogens is 301 g/mol. The van der Waals surface area contributed by atoms with Gasteiger partial charge < -0.3 is 5.32 Å². The zero-order chi connectivity index (χ0) is 15.9. The largest absolute Gasteiger partial charge is 0.351 e. The van der Waals surface area contributed by atoms with Gasteiger partial charge in [-0.15, -0.1) is 0 Å². The minimum Gasteiger partial charge on any atom is -0.351 e. The number of carbonyl (C=O) groups is 1. The maximum atomic E-state index is 13.6. The molecule has 5 heteroatoms. The molecule has 0 fully saturated rings. The molecule has 0 aromatic heterocycles. The van der Waals surface area contributed by atoms with Crippen LogP contribution in [0.5, 0.6) is 0 Å². The highest BCUT2D eigenvalue weighted by atomic mass is 32.2. The first-order valence-corrected chi connectivity index (χ1v) is 8.48. The first-order chi connectivity index (χ1) is 10.6. The summed E-state index contributed by atoms with van der Waals surface area (Å²) in [6.07, 6.45) is 0. The number of rotatable bonds is 6. The molecule has 0 radical (unpaired) electrons. The van der Waals surface area contributed by atoms with Gasteiger partial charge in [-0.25, -0.2) is 4.39 Å². The van der Waals surface area contributed by atoms with Crippen molar-refractivity contribution in [3.8, 4) is 0 Å². The Bertz CT molecular complexity index is 674. The molecule has 0 spiro atoms. The zero-order valence-corrected chi connectivity index (χ0v) is 13.2. The maximum absolute atomic E-state index is 13.6.